The fourth-order valence-corrected chi connectivity index (χ4v) is 0.946. The highest BCUT2D eigenvalue weighted by molar-refractivity contribution is 5.81. The first-order valence-corrected chi connectivity index (χ1v) is 5.93. The predicted molar refractivity (Wildman–Crippen MR) is 91.0 cm³/mol. The van der Waals surface area contributed by atoms with Crippen molar-refractivity contribution in [2.24, 2.45) is 0 Å². The molecule has 0 rings (SSSR count). The van der Waals surface area contributed by atoms with Gasteiger partial charge in [0.2, 0.25) is 6.17 Å². The lowest BCUT2D eigenvalue weighted by atomic mass is 10.1. The van der Waals surface area contributed by atoms with Gasteiger partial charge in [-0.3, -0.25) is 4.39 Å². The first-order chi connectivity index (χ1) is 9.61. The number of rotatable bonds is 7. The highest BCUT2D eigenvalue weighted by atomic mass is 19.4. The van der Waals surface area contributed by atoms with Gasteiger partial charge in [-0.1, -0.05) is 36.3 Å². The number of carbonyl (C=O) groups is 1. The van der Waals surface area contributed by atoms with Crippen LogP contribution in [-0.2, 0) is 14.3 Å². The lowest BCUT2D eigenvalue weighted by Gasteiger charge is -2.22. The second-order valence-electron chi connectivity index (χ2n) is 3.60. The number of alkyl halides is 6. The van der Waals surface area contributed by atoms with Crippen LogP contribution in [0.25, 0.3) is 0 Å². The zero-order valence-corrected chi connectivity index (χ0v) is 11.6. The second kappa shape index (κ2) is 20.8. The average molecular weight is 388 g/mol. The van der Waals surface area contributed by atoms with Crippen LogP contribution in [-0.4, -0.2) is 50.5 Å². The number of carbonyl (C=O) groups excluding carboxylic acids is 1. The van der Waals surface area contributed by atoms with Crippen LogP contribution in [0.5, 0.6) is 0 Å². The Balaban J connectivity index is -0.000000120. The van der Waals surface area contributed by atoms with Gasteiger partial charge in [0.25, 0.3) is 0 Å². The van der Waals surface area contributed by atoms with E-state index < -0.39 is 30.6 Å². The Kier molecular flexibility index (Phi) is 32.5. The summed E-state index contributed by atoms with van der Waals surface area (Å²) in [5.41, 5.74) is 0. The minimum absolute atomic E-state index is 0. The Labute approximate surface area is 148 Å². The molecule has 0 aromatic rings. The maximum atomic E-state index is 13.0. The fraction of sp³-hybridized carbons (Fsp3) is 0.812. The second-order valence-corrected chi connectivity index (χ2v) is 3.60. The van der Waals surface area contributed by atoms with Gasteiger partial charge in [-0.2, -0.15) is 13.2 Å². The summed E-state index contributed by atoms with van der Waals surface area (Å²) >= 11 is 0. The summed E-state index contributed by atoms with van der Waals surface area (Å²) in [6.45, 7) is 4.64. The summed E-state index contributed by atoms with van der Waals surface area (Å²) < 4.78 is 80.4. The van der Waals surface area contributed by atoms with Gasteiger partial charge in [-0.15, -0.1) is 0 Å². The summed E-state index contributed by atoms with van der Waals surface area (Å²) in [5, 5.41) is 0. The van der Waals surface area contributed by atoms with Crippen LogP contribution in [0.3, 0.4) is 0 Å². The van der Waals surface area contributed by atoms with Crippen LogP contribution in [0.1, 0.15) is 43.6 Å². The molecule has 0 radical (unpaired) electrons. The molecule has 3 unspecified atom stereocenters. The van der Waals surface area contributed by atoms with Crippen LogP contribution in [0.2, 0.25) is 0 Å². The van der Waals surface area contributed by atoms with Crippen molar-refractivity contribution >= 4 is 5.97 Å². The van der Waals surface area contributed by atoms with Gasteiger partial charge in [0.15, 0.2) is 6.17 Å². The fourth-order valence-electron chi connectivity index (χ4n) is 0.946. The minimum atomic E-state index is -5.27. The zero-order valence-electron chi connectivity index (χ0n) is 11.6. The molecule has 0 fully saturated rings. The van der Waals surface area contributed by atoms with Crippen molar-refractivity contribution in [1.29, 1.82) is 0 Å². The molecular weight excluding hydrogens is 354 g/mol. The van der Waals surface area contributed by atoms with Crippen LogP contribution >= 0.6 is 0 Å². The summed E-state index contributed by atoms with van der Waals surface area (Å²) in [4.78, 5) is 10.6. The van der Waals surface area contributed by atoms with Gasteiger partial charge in [0.1, 0.15) is 6.61 Å². The molecule has 0 amide bonds. The molecular formula is C16H34F6O3. The van der Waals surface area contributed by atoms with Crippen molar-refractivity contribution in [1.82, 2.24) is 0 Å². The maximum absolute atomic E-state index is 13.0. The van der Waals surface area contributed by atoms with E-state index in [0.717, 1.165) is 13.0 Å². The van der Waals surface area contributed by atoms with E-state index in [-0.39, 0.29) is 49.6 Å². The largest absolute Gasteiger partial charge is 0.460 e. The van der Waals surface area contributed by atoms with Crippen molar-refractivity contribution in [2.75, 3.05) is 19.9 Å². The molecule has 3 atom stereocenters. The smallest absolute Gasteiger partial charge is 0.422 e. The lowest BCUT2D eigenvalue weighted by Crippen LogP contribution is -2.41. The minimum Gasteiger partial charge on any atom is -0.460 e. The van der Waals surface area contributed by atoms with Crippen molar-refractivity contribution < 1.29 is 40.6 Å². The van der Waals surface area contributed by atoms with E-state index in [9.17, 15) is 31.1 Å². The number of ether oxygens (including phenoxy) is 2. The maximum Gasteiger partial charge on any atom is 0.422 e. The average Bonchev–Trinajstić information content (AvgIpc) is 2.41. The van der Waals surface area contributed by atoms with E-state index in [1.54, 1.807) is 0 Å². The third-order valence-electron chi connectivity index (χ3n) is 1.92. The van der Waals surface area contributed by atoms with Gasteiger partial charge in [0, 0.05) is 6.08 Å². The molecule has 0 spiro atoms. The summed E-state index contributed by atoms with van der Waals surface area (Å²) in [7, 11) is 0. The van der Waals surface area contributed by atoms with E-state index in [4.69, 9.17) is 0 Å². The van der Waals surface area contributed by atoms with E-state index in [2.05, 4.69) is 16.1 Å². The Morgan fingerprint density at radius 3 is 1.84 bits per heavy atom. The topological polar surface area (TPSA) is 35.5 Å². The normalized spacial score (nSPS) is 12.8. The van der Waals surface area contributed by atoms with Crippen molar-refractivity contribution in [3.8, 4) is 0 Å². The molecule has 0 aliphatic carbocycles. The molecule has 0 bridgehead atoms. The third kappa shape index (κ3) is 20.7. The van der Waals surface area contributed by atoms with E-state index in [1.807, 2.05) is 0 Å². The van der Waals surface area contributed by atoms with Crippen LogP contribution in [0.4, 0.5) is 26.3 Å². The van der Waals surface area contributed by atoms with Crippen LogP contribution < -0.4 is 0 Å². The van der Waals surface area contributed by atoms with E-state index in [0.29, 0.717) is 0 Å². The SMILES string of the molecule is C.C.C.C.C=CC(=O)OCCOC(C)C(F)C(F)C(F)(F)F.CCF. The molecule has 0 aliphatic heterocycles. The predicted octanol–water partition coefficient (Wildman–Crippen LogP) is 5.88. The molecule has 158 valence electrons. The van der Waals surface area contributed by atoms with Crippen molar-refractivity contribution in [3.63, 3.8) is 0 Å². The highest BCUT2D eigenvalue weighted by Gasteiger charge is 2.48. The summed E-state index contributed by atoms with van der Waals surface area (Å²) in [6.07, 6.45) is -12.4. The van der Waals surface area contributed by atoms with Gasteiger partial charge < -0.3 is 9.47 Å². The van der Waals surface area contributed by atoms with Gasteiger partial charge >= 0.3 is 12.1 Å². The first kappa shape index (κ1) is 39.0. The van der Waals surface area contributed by atoms with Crippen LogP contribution in [0, 0.1) is 0 Å². The van der Waals surface area contributed by atoms with E-state index in [1.165, 1.54) is 6.92 Å². The van der Waals surface area contributed by atoms with Gasteiger partial charge in [-0.05, 0) is 13.8 Å². The Bertz CT molecular complexity index is 298. The van der Waals surface area contributed by atoms with Crippen molar-refractivity contribution in [2.45, 2.75) is 68.2 Å². The molecule has 0 aromatic heterocycles. The Morgan fingerprint density at radius 1 is 1.12 bits per heavy atom. The monoisotopic (exact) mass is 388 g/mol. The van der Waals surface area contributed by atoms with E-state index >= 15 is 0 Å². The lowest BCUT2D eigenvalue weighted by molar-refractivity contribution is -0.208. The molecule has 0 aromatic carbocycles. The zero-order chi connectivity index (χ0) is 17.1. The molecule has 0 saturated heterocycles. The molecule has 25 heavy (non-hydrogen) atoms. The molecule has 0 aliphatic rings. The van der Waals surface area contributed by atoms with Crippen molar-refractivity contribution in [3.05, 3.63) is 12.7 Å². The molecule has 9 heteroatoms. The van der Waals surface area contributed by atoms with Crippen LogP contribution in [0.15, 0.2) is 12.7 Å². The third-order valence-corrected chi connectivity index (χ3v) is 1.92. The number of hydrogen-bond acceptors (Lipinski definition) is 3. The van der Waals surface area contributed by atoms with Gasteiger partial charge in [-0.25, -0.2) is 13.6 Å². The standard InChI is InChI=1S/C10H13F5O3.C2H5F.4CH4/c1-3-7(16)18-5-4-17-6(2)8(11)9(12)10(13,14)15;1-2-3;;;;/h3,6,8-9H,1,4-5H2,2H3;2H2,1H3;4*1H4. The quantitative estimate of drug-likeness (QED) is 0.236. The summed E-state index contributed by atoms with van der Waals surface area (Å²) in [6, 6.07) is 0. The first-order valence-electron chi connectivity index (χ1n) is 5.93. The van der Waals surface area contributed by atoms with Gasteiger partial charge in [0.05, 0.1) is 19.4 Å². The molecule has 0 heterocycles. The number of hydrogen-bond donors (Lipinski definition) is 0. The number of halogens is 6. The molecule has 0 saturated carbocycles. The summed E-state index contributed by atoms with van der Waals surface area (Å²) in [5.74, 6) is -0.748. The number of esters is 1. The Hall–Kier alpha value is -1.25. The molecule has 3 nitrogen and oxygen atoms in total. The highest BCUT2D eigenvalue weighted by Crippen LogP contribution is 2.28. The molecule has 0 N–H and O–H groups in total. The Morgan fingerprint density at radius 2 is 1.52 bits per heavy atom.